The van der Waals surface area contributed by atoms with Crippen molar-refractivity contribution in [3.05, 3.63) is 21.3 Å². The molecule has 100 valence electrons. The maximum atomic E-state index is 11.8. The van der Waals surface area contributed by atoms with Crippen molar-refractivity contribution < 1.29 is 19.8 Å². The molecule has 2 unspecified atom stereocenters. The van der Waals surface area contributed by atoms with Crippen LogP contribution in [0.15, 0.2) is 12.1 Å². The molecule has 0 bridgehead atoms. The van der Waals surface area contributed by atoms with E-state index in [9.17, 15) is 14.7 Å². The van der Waals surface area contributed by atoms with E-state index in [-0.39, 0.29) is 12.5 Å². The Hall–Kier alpha value is -1.11. The molecule has 2 atom stereocenters. The number of rotatable bonds is 5. The van der Waals surface area contributed by atoms with E-state index in [1.54, 1.807) is 19.1 Å². The zero-order valence-corrected chi connectivity index (χ0v) is 11.5. The van der Waals surface area contributed by atoms with Gasteiger partial charge in [0.25, 0.3) is 0 Å². The van der Waals surface area contributed by atoms with Crippen molar-refractivity contribution in [2.75, 3.05) is 6.54 Å². The Balaban J connectivity index is 2.59. The monoisotopic (exact) mass is 291 g/mol. The van der Waals surface area contributed by atoms with E-state index in [1.165, 1.54) is 11.3 Å². The number of thiophene rings is 1. The quantitative estimate of drug-likeness (QED) is 0.766. The molecule has 0 saturated carbocycles. The maximum absolute atomic E-state index is 11.8. The highest BCUT2D eigenvalue weighted by Gasteiger charge is 2.31. The molecule has 0 fully saturated rings. The Morgan fingerprint density at radius 1 is 1.56 bits per heavy atom. The van der Waals surface area contributed by atoms with Crippen LogP contribution < -0.4 is 5.32 Å². The molecule has 5 nitrogen and oxygen atoms in total. The molecule has 1 amide bonds. The van der Waals surface area contributed by atoms with Crippen LogP contribution in [0.1, 0.15) is 24.6 Å². The molecule has 0 aliphatic carbocycles. The van der Waals surface area contributed by atoms with E-state index >= 15 is 0 Å². The second kappa shape index (κ2) is 5.69. The minimum atomic E-state index is -1.97. The second-order valence-electron chi connectivity index (χ2n) is 4.16. The third-order valence-electron chi connectivity index (χ3n) is 2.48. The summed E-state index contributed by atoms with van der Waals surface area (Å²) < 4.78 is 0.585. The Bertz CT molecular complexity index is 458. The van der Waals surface area contributed by atoms with Crippen molar-refractivity contribution in [1.82, 2.24) is 5.32 Å². The molecule has 3 N–H and O–H groups in total. The van der Waals surface area contributed by atoms with Crippen molar-refractivity contribution in [2.24, 2.45) is 0 Å². The van der Waals surface area contributed by atoms with Gasteiger partial charge >= 0.3 is 5.97 Å². The predicted molar refractivity (Wildman–Crippen MR) is 69.0 cm³/mol. The van der Waals surface area contributed by atoms with Crippen LogP contribution in [0.25, 0.3) is 0 Å². The highest BCUT2D eigenvalue weighted by atomic mass is 35.5. The lowest BCUT2D eigenvalue weighted by molar-refractivity contribution is -0.156. The molecular weight excluding hydrogens is 278 g/mol. The van der Waals surface area contributed by atoms with Gasteiger partial charge in [0, 0.05) is 4.88 Å². The lowest BCUT2D eigenvalue weighted by atomic mass is 10.1. The summed E-state index contributed by atoms with van der Waals surface area (Å²) in [5, 5.41) is 20.6. The van der Waals surface area contributed by atoms with Gasteiger partial charge in [0.2, 0.25) is 5.91 Å². The molecule has 7 heteroatoms. The normalized spacial score (nSPS) is 15.8. The SMILES string of the molecule is CC(C(=O)NCC(C)(O)C(=O)O)c1ccc(Cl)s1. The number of carbonyl (C=O) groups excluding carboxylic acids is 1. The van der Waals surface area contributed by atoms with Crippen LogP contribution >= 0.6 is 22.9 Å². The first-order chi connectivity index (χ1) is 8.24. The van der Waals surface area contributed by atoms with Crippen molar-refractivity contribution in [3.8, 4) is 0 Å². The van der Waals surface area contributed by atoms with Crippen molar-refractivity contribution in [3.63, 3.8) is 0 Å². The van der Waals surface area contributed by atoms with E-state index in [1.807, 2.05) is 0 Å². The summed E-state index contributed by atoms with van der Waals surface area (Å²) in [6.07, 6.45) is 0. The van der Waals surface area contributed by atoms with Crippen LogP contribution in [0.5, 0.6) is 0 Å². The molecule has 0 aliphatic rings. The van der Waals surface area contributed by atoms with Crippen LogP contribution in [0.2, 0.25) is 4.34 Å². The first kappa shape index (κ1) is 14.9. The molecule has 0 aromatic carbocycles. The predicted octanol–water partition coefficient (Wildman–Crippen LogP) is 1.46. The summed E-state index contributed by atoms with van der Waals surface area (Å²) in [7, 11) is 0. The van der Waals surface area contributed by atoms with Crippen LogP contribution in [-0.2, 0) is 9.59 Å². The lowest BCUT2D eigenvalue weighted by Crippen LogP contribution is -2.47. The molecule has 0 saturated heterocycles. The van der Waals surface area contributed by atoms with Gasteiger partial charge in [-0.05, 0) is 26.0 Å². The first-order valence-electron chi connectivity index (χ1n) is 5.23. The highest BCUT2D eigenvalue weighted by molar-refractivity contribution is 7.16. The number of carboxylic acid groups (broad SMARTS) is 1. The topological polar surface area (TPSA) is 86.6 Å². The van der Waals surface area contributed by atoms with Gasteiger partial charge in [-0.1, -0.05) is 11.6 Å². The lowest BCUT2D eigenvalue weighted by Gasteiger charge is -2.19. The summed E-state index contributed by atoms with van der Waals surface area (Å²) in [4.78, 5) is 23.2. The van der Waals surface area contributed by atoms with Crippen LogP contribution in [0.3, 0.4) is 0 Å². The second-order valence-corrected chi connectivity index (χ2v) is 5.91. The number of amides is 1. The molecule has 0 aliphatic heterocycles. The van der Waals surface area contributed by atoms with Crippen molar-refractivity contribution in [2.45, 2.75) is 25.4 Å². The Labute approximate surface area is 113 Å². The Morgan fingerprint density at radius 3 is 2.61 bits per heavy atom. The van der Waals surface area contributed by atoms with E-state index < -0.39 is 17.5 Å². The van der Waals surface area contributed by atoms with Gasteiger partial charge in [-0.15, -0.1) is 11.3 Å². The number of aliphatic carboxylic acids is 1. The largest absolute Gasteiger partial charge is 0.479 e. The number of aliphatic hydroxyl groups is 1. The minimum absolute atomic E-state index is 0.343. The van der Waals surface area contributed by atoms with Crippen LogP contribution in [-0.4, -0.2) is 34.2 Å². The third kappa shape index (κ3) is 3.69. The number of nitrogens with one attached hydrogen (secondary N) is 1. The average molecular weight is 292 g/mol. The minimum Gasteiger partial charge on any atom is -0.479 e. The molecule has 0 radical (unpaired) electrons. The van der Waals surface area contributed by atoms with Gasteiger partial charge in [-0.2, -0.15) is 0 Å². The summed E-state index contributed by atoms with van der Waals surface area (Å²) in [6, 6.07) is 3.44. The Morgan fingerprint density at radius 2 is 2.17 bits per heavy atom. The molecule has 1 heterocycles. The fourth-order valence-electron chi connectivity index (χ4n) is 1.18. The Kier molecular flexibility index (Phi) is 4.72. The molecule has 1 aromatic heterocycles. The van der Waals surface area contributed by atoms with Crippen LogP contribution in [0, 0.1) is 0 Å². The zero-order chi connectivity index (χ0) is 13.9. The highest BCUT2D eigenvalue weighted by Crippen LogP contribution is 2.28. The number of hydrogen-bond acceptors (Lipinski definition) is 4. The first-order valence-corrected chi connectivity index (χ1v) is 6.42. The summed E-state index contributed by atoms with van der Waals surface area (Å²) in [6.45, 7) is 2.47. The van der Waals surface area contributed by atoms with E-state index in [0.29, 0.717) is 4.34 Å². The number of halogens is 1. The van der Waals surface area contributed by atoms with E-state index in [2.05, 4.69) is 5.32 Å². The number of carboxylic acids is 1. The van der Waals surface area contributed by atoms with E-state index in [0.717, 1.165) is 11.8 Å². The van der Waals surface area contributed by atoms with Gasteiger partial charge in [-0.3, -0.25) is 4.79 Å². The van der Waals surface area contributed by atoms with Crippen LogP contribution in [0.4, 0.5) is 0 Å². The maximum Gasteiger partial charge on any atom is 0.337 e. The molecule has 18 heavy (non-hydrogen) atoms. The van der Waals surface area contributed by atoms with Crippen molar-refractivity contribution >= 4 is 34.8 Å². The summed E-state index contributed by atoms with van der Waals surface area (Å²) in [5.41, 5.74) is -1.97. The molecule has 0 spiro atoms. The van der Waals surface area contributed by atoms with Gasteiger partial charge in [0.1, 0.15) is 0 Å². The standard InChI is InChI=1S/C11H14ClNO4S/c1-6(7-3-4-8(12)18-7)9(14)13-5-11(2,17)10(15)16/h3-4,6,17H,5H2,1-2H3,(H,13,14)(H,15,16). The number of hydrogen-bond donors (Lipinski definition) is 3. The van der Waals surface area contributed by atoms with Gasteiger partial charge in [-0.25, -0.2) is 4.79 Å². The summed E-state index contributed by atoms with van der Waals surface area (Å²) in [5.74, 6) is -2.17. The van der Waals surface area contributed by atoms with Crippen molar-refractivity contribution in [1.29, 1.82) is 0 Å². The summed E-state index contributed by atoms with van der Waals surface area (Å²) >= 11 is 7.06. The molecule has 1 rings (SSSR count). The average Bonchev–Trinajstić information content (AvgIpc) is 2.71. The molecule has 1 aromatic rings. The number of carbonyl (C=O) groups is 2. The van der Waals surface area contributed by atoms with Gasteiger partial charge < -0.3 is 15.5 Å². The van der Waals surface area contributed by atoms with E-state index in [4.69, 9.17) is 16.7 Å². The fraction of sp³-hybridized carbons (Fsp3) is 0.455. The molecular formula is C11H14ClNO4S. The third-order valence-corrected chi connectivity index (χ3v) is 3.90. The fourth-order valence-corrected chi connectivity index (χ4v) is 2.29. The smallest absolute Gasteiger partial charge is 0.337 e. The van der Waals surface area contributed by atoms with Gasteiger partial charge in [0.05, 0.1) is 16.8 Å². The van der Waals surface area contributed by atoms with Gasteiger partial charge in [0.15, 0.2) is 5.60 Å². The zero-order valence-electron chi connectivity index (χ0n) is 9.94.